The minimum absolute atomic E-state index is 0.330. The van der Waals surface area contributed by atoms with Gasteiger partial charge >= 0.3 is 0 Å². The normalized spacial score (nSPS) is 12.3. The number of hydrogen-bond donors (Lipinski definition) is 1. The number of amides is 1. The predicted molar refractivity (Wildman–Crippen MR) is 114 cm³/mol. The van der Waals surface area contributed by atoms with Gasteiger partial charge in [-0.05, 0) is 62.6 Å². The van der Waals surface area contributed by atoms with Crippen molar-refractivity contribution in [3.8, 4) is 5.75 Å². The summed E-state index contributed by atoms with van der Waals surface area (Å²) >= 11 is 0. The molecule has 1 N–H and O–H groups in total. The molecule has 28 heavy (non-hydrogen) atoms. The number of benzene rings is 2. The van der Waals surface area contributed by atoms with Crippen molar-refractivity contribution in [2.45, 2.75) is 40.2 Å². The number of sulfonamides is 1. The van der Waals surface area contributed by atoms with Gasteiger partial charge in [-0.15, -0.1) is 0 Å². The quantitative estimate of drug-likeness (QED) is 0.724. The van der Waals surface area contributed by atoms with E-state index < -0.39 is 16.1 Å². The van der Waals surface area contributed by atoms with Crippen LogP contribution >= 0.6 is 0 Å². The zero-order chi connectivity index (χ0) is 20.9. The second kappa shape index (κ2) is 9.10. The molecule has 0 aromatic heterocycles. The molecule has 0 aliphatic heterocycles. The van der Waals surface area contributed by atoms with Crippen LogP contribution in [0.15, 0.2) is 42.5 Å². The lowest BCUT2D eigenvalue weighted by molar-refractivity contribution is -0.117. The largest absolute Gasteiger partial charge is 0.494 e. The first-order valence-corrected chi connectivity index (χ1v) is 11.1. The average molecular weight is 405 g/mol. The number of anilines is 2. The maximum absolute atomic E-state index is 13.0. The van der Waals surface area contributed by atoms with E-state index in [9.17, 15) is 13.2 Å². The fourth-order valence-electron chi connectivity index (χ4n) is 3.13. The van der Waals surface area contributed by atoms with Crippen LogP contribution in [0.5, 0.6) is 5.75 Å². The van der Waals surface area contributed by atoms with Crippen LogP contribution in [0, 0.1) is 13.8 Å². The van der Waals surface area contributed by atoms with Gasteiger partial charge < -0.3 is 10.1 Å². The highest BCUT2D eigenvalue weighted by molar-refractivity contribution is 7.92. The number of ether oxygens (including phenoxy) is 1. The van der Waals surface area contributed by atoms with Gasteiger partial charge in [-0.3, -0.25) is 9.10 Å². The number of para-hydroxylation sites is 1. The second-order valence-corrected chi connectivity index (χ2v) is 8.53. The molecule has 0 aliphatic rings. The summed E-state index contributed by atoms with van der Waals surface area (Å²) in [6.07, 6.45) is 1.44. The van der Waals surface area contributed by atoms with Crippen molar-refractivity contribution in [2.24, 2.45) is 0 Å². The molecule has 2 rings (SSSR count). The monoisotopic (exact) mass is 404 g/mol. The van der Waals surface area contributed by atoms with Crippen LogP contribution in [0.3, 0.4) is 0 Å². The fourth-order valence-corrected chi connectivity index (χ4v) is 4.35. The van der Waals surface area contributed by atoms with Gasteiger partial charge in [-0.25, -0.2) is 8.42 Å². The summed E-state index contributed by atoms with van der Waals surface area (Å²) < 4.78 is 31.7. The molecule has 1 amide bonds. The Balaban J connectivity index is 2.39. The zero-order valence-electron chi connectivity index (χ0n) is 17.0. The minimum atomic E-state index is -3.68. The van der Waals surface area contributed by atoms with E-state index in [2.05, 4.69) is 5.32 Å². The van der Waals surface area contributed by atoms with Crippen LogP contribution in [-0.4, -0.2) is 33.2 Å². The molecule has 152 valence electrons. The second-order valence-electron chi connectivity index (χ2n) is 6.67. The molecule has 0 bridgehead atoms. The van der Waals surface area contributed by atoms with E-state index in [4.69, 9.17) is 4.74 Å². The first kappa shape index (κ1) is 21.8. The van der Waals surface area contributed by atoms with Crippen LogP contribution < -0.4 is 14.4 Å². The molecule has 0 spiro atoms. The van der Waals surface area contributed by atoms with Crippen LogP contribution in [0.25, 0.3) is 0 Å². The Morgan fingerprint density at radius 3 is 2.11 bits per heavy atom. The Morgan fingerprint density at radius 2 is 1.64 bits per heavy atom. The molecule has 6 nitrogen and oxygen atoms in total. The van der Waals surface area contributed by atoms with Crippen LogP contribution in [0.2, 0.25) is 0 Å². The number of carbonyl (C=O) groups is 1. The molecule has 2 aromatic carbocycles. The first-order valence-electron chi connectivity index (χ1n) is 9.28. The molecule has 0 saturated heterocycles. The highest BCUT2D eigenvalue weighted by atomic mass is 32.2. The molecule has 0 aliphatic carbocycles. The lowest BCUT2D eigenvalue weighted by Crippen LogP contribution is -2.47. The fraction of sp³-hybridized carbons (Fsp3) is 0.381. The van der Waals surface area contributed by atoms with Crippen LogP contribution in [0.4, 0.5) is 11.4 Å². The van der Waals surface area contributed by atoms with E-state index >= 15 is 0 Å². The van der Waals surface area contributed by atoms with Gasteiger partial charge in [0, 0.05) is 5.69 Å². The summed E-state index contributed by atoms with van der Waals surface area (Å²) in [7, 11) is -3.68. The van der Waals surface area contributed by atoms with E-state index in [0.29, 0.717) is 30.2 Å². The van der Waals surface area contributed by atoms with Crippen molar-refractivity contribution in [1.29, 1.82) is 0 Å². The van der Waals surface area contributed by atoms with Gasteiger partial charge in [0.25, 0.3) is 0 Å². The van der Waals surface area contributed by atoms with Crippen molar-refractivity contribution < 1.29 is 17.9 Å². The van der Waals surface area contributed by atoms with Gasteiger partial charge in [0.2, 0.25) is 15.9 Å². The standard InChI is InChI=1S/C21H28N2O4S/c1-6-19(21(24)22-20-15(3)9-8-10-16(20)4)23(28(5,25)26)17-11-13-18(14-12-17)27-7-2/h8-14,19H,6-7H2,1-5H3,(H,22,24)/t19-/m0/s1. The summed E-state index contributed by atoms with van der Waals surface area (Å²) in [6, 6.07) is 11.6. The van der Waals surface area contributed by atoms with E-state index in [1.165, 1.54) is 4.31 Å². The molecule has 2 aromatic rings. The third-order valence-corrected chi connectivity index (χ3v) is 5.64. The van der Waals surface area contributed by atoms with E-state index in [-0.39, 0.29) is 5.91 Å². The third kappa shape index (κ3) is 5.04. The van der Waals surface area contributed by atoms with Gasteiger partial charge in [-0.1, -0.05) is 25.1 Å². The number of carbonyl (C=O) groups excluding carboxylic acids is 1. The highest BCUT2D eigenvalue weighted by Gasteiger charge is 2.32. The number of nitrogens with zero attached hydrogens (tertiary/aromatic N) is 1. The maximum Gasteiger partial charge on any atom is 0.248 e. The van der Waals surface area contributed by atoms with Crippen molar-refractivity contribution in [3.63, 3.8) is 0 Å². The van der Waals surface area contributed by atoms with Crippen molar-refractivity contribution in [2.75, 3.05) is 22.5 Å². The summed E-state index contributed by atoms with van der Waals surface area (Å²) in [5.41, 5.74) is 2.99. The topological polar surface area (TPSA) is 75.7 Å². The minimum Gasteiger partial charge on any atom is -0.494 e. The number of hydrogen-bond acceptors (Lipinski definition) is 4. The average Bonchev–Trinajstić information content (AvgIpc) is 2.63. The lowest BCUT2D eigenvalue weighted by atomic mass is 10.1. The third-order valence-electron chi connectivity index (χ3n) is 4.46. The van der Waals surface area contributed by atoms with Crippen LogP contribution in [0.1, 0.15) is 31.4 Å². The molecular weight excluding hydrogens is 376 g/mol. The number of nitrogens with one attached hydrogen (secondary N) is 1. The molecule has 0 saturated carbocycles. The first-order chi connectivity index (χ1) is 13.2. The predicted octanol–water partition coefficient (Wildman–Crippen LogP) is 3.89. The summed E-state index contributed by atoms with van der Waals surface area (Å²) in [4.78, 5) is 13.0. The van der Waals surface area contributed by atoms with Crippen molar-refractivity contribution in [3.05, 3.63) is 53.6 Å². The number of rotatable bonds is 8. The van der Waals surface area contributed by atoms with E-state index in [1.807, 2.05) is 39.0 Å². The van der Waals surface area contributed by atoms with Crippen LogP contribution in [-0.2, 0) is 14.8 Å². The van der Waals surface area contributed by atoms with Gasteiger partial charge in [0.05, 0.1) is 18.6 Å². The summed E-state index contributed by atoms with van der Waals surface area (Å²) in [5.74, 6) is 0.284. The molecule has 0 unspecified atom stereocenters. The Kier molecular flexibility index (Phi) is 7.07. The highest BCUT2D eigenvalue weighted by Crippen LogP contribution is 2.27. The molecule has 0 heterocycles. The van der Waals surface area contributed by atoms with Gasteiger partial charge in [0.1, 0.15) is 11.8 Å². The molecular formula is C21H28N2O4S. The Labute approximate surface area is 167 Å². The Hall–Kier alpha value is -2.54. The van der Waals surface area contributed by atoms with Gasteiger partial charge in [-0.2, -0.15) is 0 Å². The molecule has 0 radical (unpaired) electrons. The molecule has 7 heteroatoms. The SMILES string of the molecule is CCOc1ccc(N([C@@H](CC)C(=O)Nc2c(C)cccc2C)S(C)(=O)=O)cc1. The zero-order valence-corrected chi connectivity index (χ0v) is 17.8. The molecule has 0 fully saturated rings. The Morgan fingerprint density at radius 1 is 1.07 bits per heavy atom. The maximum atomic E-state index is 13.0. The summed E-state index contributed by atoms with van der Waals surface area (Å²) in [5, 5.41) is 2.91. The van der Waals surface area contributed by atoms with Crippen molar-refractivity contribution >= 4 is 27.3 Å². The van der Waals surface area contributed by atoms with Crippen molar-refractivity contribution in [1.82, 2.24) is 0 Å². The number of aryl methyl sites for hydroxylation is 2. The van der Waals surface area contributed by atoms with E-state index in [1.54, 1.807) is 31.2 Å². The lowest BCUT2D eigenvalue weighted by Gasteiger charge is -2.30. The van der Waals surface area contributed by atoms with E-state index in [0.717, 1.165) is 17.4 Å². The summed E-state index contributed by atoms with van der Waals surface area (Å²) in [6.45, 7) is 8.00. The molecule has 1 atom stereocenters. The Bertz CT molecular complexity index is 904. The van der Waals surface area contributed by atoms with Gasteiger partial charge in [0.15, 0.2) is 0 Å². The smallest absolute Gasteiger partial charge is 0.248 e.